The van der Waals surface area contributed by atoms with Crippen molar-refractivity contribution in [2.75, 3.05) is 30.8 Å². The number of methoxy groups -OCH3 is 1. The molecule has 9 heteroatoms. The highest BCUT2D eigenvalue weighted by Crippen LogP contribution is 2.20. The molecule has 0 spiro atoms. The largest absolute Gasteiger partial charge is 0.378 e. The lowest BCUT2D eigenvalue weighted by atomic mass is 9.95. The molecule has 0 aliphatic heterocycles. The zero-order valence-electron chi connectivity index (χ0n) is 16.4. The van der Waals surface area contributed by atoms with Crippen LogP contribution in [0.5, 0.6) is 0 Å². The SMILES string of the molecule is COCc1cc(NCCNc2cc(C)nc3ncnn23)nc(C(C)(C)C)n1. The summed E-state index contributed by atoms with van der Waals surface area (Å²) in [6.45, 7) is 10.1. The fourth-order valence-electron chi connectivity index (χ4n) is 2.58. The molecule has 0 aliphatic carbocycles. The number of nitrogens with zero attached hydrogens (tertiary/aromatic N) is 6. The minimum atomic E-state index is -0.133. The number of anilines is 2. The van der Waals surface area contributed by atoms with Crippen LogP contribution in [0.1, 0.15) is 38.0 Å². The molecule has 0 unspecified atom stereocenters. The van der Waals surface area contributed by atoms with E-state index < -0.39 is 0 Å². The number of aromatic nitrogens is 6. The Kier molecular flexibility index (Phi) is 5.50. The number of hydrogen-bond donors (Lipinski definition) is 2. The van der Waals surface area contributed by atoms with Crippen LogP contribution in [0.15, 0.2) is 18.5 Å². The van der Waals surface area contributed by atoms with E-state index in [0.29, 0.717) is 25.5 Å². The summed E-state index contributed by atoms with van der Waals surface area (Å²) in [6, 6.07) is 3.87. The van der Waals surface area contributed by atoms with Gasteiger partial charge in [-0.15, -0.1) is 0 Å². The van der Waals surface area contributed by atoms with Gasteiger partial charge in [0.25, 0.3) is 5.78 Å². The molecule has 3 heterocycles. The number of rotatable bonds is 7. The Labute approximate surface area is 158 Å². The molecule has 3 aromatic heterocycles. The Balaban J connectivity index is 1.66. The number of nitrogens with one attached hydrogen (secondary N) is 2. The molecule has 3 rings (SSSR count). The lowest BCUT2D eigenvalue weighted by molar-refractivity contribution is 0.181. The first-order valence-electron chi connectivity index (χ1n) is 8.89. The smallest absolute Gasteiger partial charge is 0.254 e. The van der Waals surface area contributed by atoms with Gasteiger partial charge >= 0.3 is 0 Å². The second-order valence-corrected chi connectivity index (χ2v) is 7.36. The quantitative estimate of drug-likeness (QED) is 0.610. The van der Waals surface area contributed by atoms with Crippen molar-refractivity contribution < 1.29 is 4.74 Å². The summed E-state index contributed by atoms with van der Waals surface area (Å²) in [7, 11) is 1.66. The average Bonchev–Trinajstić information content (AvgIpc) is 3.06. The van der Waals surface area contributed by atoms with Gasteiger partial charge in [-0.2, -0.15) is 14.6 Å². The number of fused-ring (bicyclic) bond motifs is 1. The second kappa shape index (κ2) is 7.83. The van der Waals surface area contributed by atoms with Crippen LogP contribution < -0.4 is 10.6 Å². The van der Waals surface area contributed by atoms with Crippen LogP contribution in [0.3, 0.4) is 0 Å². The molecule has 0 amide bonds. The number of ether oxygens (including phenoxy) is 1. The fraction of sp³-hybridized carbons (Fsp3) is 0.500. The molecule has 2 N–H and O–H groups in total. The molecule has 0 bridgehead atoms. The van der Waals surface area contributed by atoms with Crippen molar-refractivity contribution in [1.29, 1.82) is 0 Å². The summed E-state index contributed by atoms with van der Waals surface area (Å²) in [4.78, 5) is 17.7. The first kappa shape index (κ1) is 19.0. The maximum Gasteiger partial charge on any atom is 0.254 e. The van der Waals surface area contributed by atoms with E-state index in [-0.39, 0.29) is 5.41 Å². The van der Waals surface area contributed by atoms with Gasteiger partial charge in [-0.25, -0.2) is 15.0 Å². The van der Waals surface area contributed by atoms with Crippen LogP contribution in [0, 0.1) is 6.92 Å². The molecule has 0 fully saturated rings. The van der Waals surface area contributed by atoms with E-state index in [1.165, 1.54) is 6.33 Å². The van der Waals surface area contributed by atoms with Gasteiger partial charge in [0.05, 0.1) is 12.3 Å². The van der Waals surface area contributed by atoms with Crippen LogP contribution in [-0.4, -0.2) is 49.7 Å². The predicted octanol–water partition coefficient (Wildman–Crippen LogP) is 2.19. The van der Waals surface area contributed by atoms with Crippen molar-refractivity contribution in [3.63, 3.8) is 0 Å². The Morgan fingerprint density at radius 1 is 1.07 bits per heavy atom. The average molecular weight is 370 g/mol. The summed E-state index contributed by atoms with van der Waals surface area (Å²) >= 11 is 0. The monoisotopic (exact) mass is 370 g/mol. The van der Waals surface area contributed by atoms with Crippen LogP contribution in [0.2, 0.25) is 0 Å². The molecule has 144 valence electrons. The highest BCUT2D eigenvalue weighted by molar-refractivity contribution is 5.45. The molecule has 0 aromatic carbocycles. The van der Waals surface area contributed by atoms with Crippen molar-refractivity contribution >= 4 is 17.4 Å². The maximum atomic E-state index is 5.23. The lowest BCUT2D eigenvalue weighted by Crippen LogP contribution is -2.20. The van der Waals surface area contributed by atoms with E-state index in [0.717, 1.165) is 28.8 Å². The molecule has 0 saturated heterocycles. The molecular formula is C18H26N8O. The van der Waals surface area contributed by atoms with Crippen molar-refractivity contribution in [3.8, 4) is 0 Å². The minimum absolute atomic E-state index is 0.133. The van der Waals surface area contributed by atoms with E-state index in [1.54, 1.807) is 11.6 Å². The van der Waals surface area contributed by atoms with Crippen molar-refractivity contribution in [2.24, 2.45) is 0 Å². The Morgan fingerprint density at radius 2 is 1.85 bits per heavy atom. The number of aryl methyl sites for hydroxylation is 1. The molecule has 9 nitrogen and oxygen atoms in total. The third-order valence-corrected chi connectivity index (χ3v) is 3.86. The van der Waals surface area contributed by atoms with Gasteiger partial charge in [-0.05, 0) is 6.92 Å². The van der Waals surface area contributed by atoms with Crippen LogP contribution >= 0.6 is 0 Å². The Bertz CT molecular complexity index is 915. The highest BCUT2D eigenvalue weighted by Gasteiger charge is 2.19. The molecule has 3 aromatic rings. The first-order valence-corrected chi connectivity index (χ1v) is 8.89. The lowest BCUT2D eigenvalue weighted by Gasteiger charge is -2.19. The number of hydrogen-bond acceptors (Lipinski definition) is 8. The summed E-state index contributed by atoms with van der Waals surface area (Å²) < 4.78 is 6.91. The summed E-state index contributed by atoms with van der Waals surface area (Å²) in [6.07, 6.45) is 1.50. The van der Waals surface area contributed by atoms with E-state index in [9.17, 15) is 0 Å². The highest BCUT2D eigenvalue weighted by atomic mass is 16.5. The molecule has 0 saturated carbocycles. The van der Waals surface area contributed by atoms with Crippen molar-refractivity contribution in [3.05, 3.63) is 35.7 Å². The third kappa shape index (κ3) is 4.68. The van der Waals surface area contributed by atoms with Gasteiger partial charge in [0.2, 0.25) is 0 Å². The molecule has 0 radical (unpaired) electrons. The van der Waals surface area contributed by atoms with Gasteiger partial charge < -0.3 is 15.4 Å². The van der Waals surface area contributed by atoms with E-state index in [1.807, 2.05) is 19.1 Å². The molecule has 0 atom stereocenters. The predicted molar refractivity (Wildman–Crippen MR) is 104 cm³/mol. The molecular weight excluding hydrogens is 344 g/mol. The van der Waals surface area contributed by atoms with E-state index >= 15 is 0 Å². The third-order valence-electron chi connectivity index (χ3n) is 3.86. The normalized spacial score (nSPS) is 11.7. The van der Waals surface area contributed by atoms with Crippen LogP contribution in [0.25, 0.3) is 5.78 Å². The van der Waals surface area contributed by atoms with E-state index in [2.05, 4.69) is 56.4 Å². The topological polar surface area (TPSA) is 102 Å². The first-order chi connectivity index (χ1) is 12.9. The van der Waals surface area contributed by atoms with Gasteiger partial charge in [-0.3, -0.25) is 0 Å². The molecule has 0 aliphatic rings. The van der Waals surface area contributed by atoms with Crippen LogP contribution in [0.4, 0.5) is 11.6 Å². The van der Waals surface area contributed by atoms with Gasteiger partial charge in [-0.1, -0.05) is 20.8 Å². The Hall–Kier alpha value is -2.81. The minimum Gasteiger partial charge on any atom is -0.378 e. The standard InChI is InChI=1S/C18H26N8O/c1-12-8-15(26-17(23-12)21-11-22-26)20-7-6-19-14-9-13(10-27-5)24-16(25-14)18(2,3)4/h8-9,11,20H,6-7,10H2,1-5H3,(H,19,24,25). The maximum absolute atomic E-state index is 5.23. The van der Waals surface area contributed by atoms with Gasteiger partial charge in [0.15, 0.2) is 0 Å². The van der Waals surface area contributed by atoms with Crippen LogP contribution in [-0.2, 0) is 16.8 Å². The van der Waals surface area contributed by atoms with E-state index in [4.69, 9.17) is 4.74 Å². The zero-order valence-corrected chi connectivity index (χ0v) is 16.4. The Morgan fingerprint density at radius 3 is 2.59 bits per heavy atom. The van der Waals surface area contributed by atoms with Crippen molar-refractivity contribution in [1.82, 2.24) is 29.5 Å². The fourth-order valence-corrected chi connectivity index (χ4v) is 2.58. The van der Waals surface area contributed by atoms with Crippen molar-refractivity contribution in [2.45, 2.75) is 39.7 Å². The summed E-state index contributed by atoms with van der Waals surface area (Å²) in [5.74, 6) is 3.03. The zero-order chi connectivity index (χ0) is 19.4. The molecule has 27 heavy (non-hydrogen) atoms. The summed E-state index contributed by atoms with van der Waals surface area (Å²) in [5, 5.41) is 10.9. The second-order valence-electron chi connectivity index (χ2n) is 7.36. The van der Waals surface area contributed by atoms with Gasteiger partial charge in [0, 0.05) is 43.4 Å². The summed E-state index contributed by atoms with van der Waals surface area (Å²) in [5.41, 5.74) is 1.62. The van der Waals surface area contributed by atoms with Gasteiger partial charge in [0.1, 0.15) is 23.8 Å².